The lowest BCUT2D eigenvalue weighted by Gasteiger charge is -2.07. The van der Waals surface area contributed by atoms with Crippen LogP contribution in [0.25, 0.3) is 0 Å². The third-order valence-electron chi connectivity index (χ3n) is 1.61. The lowest BCUT2D eigenvalue weighted by atomic mass is 10.2. The van der Waals surface area contributed by atoms with E-state index in [9.17, 15) is 4.79 Å². The van der Waals surface area contributed by atoms with Gasteiger partial charge in [-0.3, -0.25) is 4.79 Å². The number of pyridine rings is 1. The Morgan fingerprint density at radius 3 is 3.07 bits per heavy atom. The zero-order valence-electron chi connectivity index (χ0n) is 8.00. The predicted molar refractivity (Wildman–Crippen MR) is 61.0 cm³/mol. The molecule has 1 heterocycles. The van der Waals surface area contributed by atoms with Crippen LogP contribution in [0.15, 0.2) is 16.7 Å². The van der Waals surface area contributed by atoms with Crippen LogP contribution in [-0.2, 0) is 0 Å². The van der Waals surface area contributed by atoms with Crippen LogP contribution in [0.2, 0.25) is 5.15 Å². The number of carbonyl (C=O) groups excluding carboxylic acids is 1. The molecule has 1 amide bonds. The molecule has 0 fully saturated rings. The normalized spacial score (nSPS) is 12.3. The van der Waals surface area contributed by atoms with Crippen molar-refractivity contribution in [3.8, 4) is 0 Å². The van der Waals surface area contributed by atoms with Crippen molar-refractivity contribution in [1.82, 2.24) is 10.3 Å². The van der Waals surface area contributed by atoms with E-state index in [1.54, 1.807) is 13.0 Å². The molecule has 1 rings (SSSR count). The van der Waals surface area contributed by atoms with Crippen LogP contribution in [0.4, 0.5) is 0 Å². The van der Waals surface area contributed by atoms with Gasteiger partial charge in [0.1, 0.15) is 5.15 Å². The fraction of sp³-hybridized carbons (Fsp3) is 0.333. The average molecular weight is 294 g/mol. The minimum atomic E-state index is -0.590. The summed E-state index contributed by atoms with van der Waals surface area (Å²) in [7, 11) is 0. The maximum Gasteiger partial charge on any atom is 0.254 e. The van der Waals surface area contributed by atoms with E-state index < -0.39 is 6.10 Å². The highest BCUT2D eigenvalue weighted by atomic mass is 79.9. The number of aliphatic hydroxyl groups is 1. The molecule has 4 nitrogen and oxygen atoms in total. The van der Waals surface area contributed by atoms with Crippen LogP contribution < -0.4 is 5.32 Å². The van der Waals surface area contributed by atoms with Gasteiger partial charge >= 0.3 is 0 Å². The third-order valence-corrected chi connectivity index (χ3v) is 2.34. The number of hydrogen-bond acceptors (Lipinski definition) is 3. The number of nitrogens with one attached hydrogen (secondary N) is 1. The lowest BCUT2D eigenvalue weighted by Crippen LogP contribution is -2.30. The topological polar surface area (TPSA) is 62.2 Å². The predicted octanol–water partition coefficient (Wildman–Crippen LogP) is 1.61. The molecule has 0 bridgehead atoms. The van der Waals surface area contributed by atoms with Crippen molar-refractivity contribution in [3.63, 3.8) is 0 Å². The summed E-state index contributed by atoms with van der Waals surface area (Å²) in [4.78, 5) is 15.4. The minimum Gasteiger partial charge on any atom is -0.392 e. The van der Waals surface area contributed by atoms with Crippen molar-refractivity contribution in [2.24, 2.45) is 0 Å². The Bertz CT molecular complexity index is 371. The summed E-state index contributed by atoms with van der Waals surface area (Å²) >= 11 is 8.95. The highest BCUT2D eigenvalue weighted by molar-refractivity contribution is 9.10. The fourth-order valence-corrected chi connectivity index (χ4v) is 1.44. The second-order valence-corrected chi connectivity index (χ2v) is 4.32. The molecule has 2 N–H and O–H groups in total. The Kier molecular flexibility index (Phi) is 4.50. The molecule has 1 aromatic rings. The molecule has 0 spiro atoms. The maximum atomic E-state index is 11.6. The first-order valence-electron chi connectivity index (χ1n) is 4.28. The molecule has 0 aliphatic rings. The lowest BCUT2D eigenvalue weighted by molar-refractivity contribution is 0.0924. The molecular weight excluding hydrogens is 283 g/mol. The van der Waals surface area contributed by atoms with Gasteiger partial charge in [-0.15, -0.1) is 0 Å². The van der Waals surface area contributed by atoms with E-state index in [1.807, 2.05) is 0 Å². The first-order valence-corrected chi connectivity index (χ1v) is 5.45. The number of aliphatic hydroxyl groups excluding tert-OH is 1. The van der Waals surface area contributed by atoms with Crippen molar-refractivity contribution >= 4 is 33.4 Å². The van der Waals surface area contributed by atoms with E-state index in [0.717, 1.165) is 0 Å². The molecule has 0 unspecified atom stereocenters. The van der Waals surface area contributed by atoms with Gasteiger partial charge in [-0.05, 0) is 28.9 Å². The number of amides is 1. The Balaban J connectivity index is 2.77. The Labute approximate surface area is 101 Å². The molecule has 0 saturated heterocycles. The maximum absolute atomic E-state index is 11.6. The van der Waals surface area contributed by atoms with Gasteiger partial charge in [-0.2, -0.15) is 0 Å². The summed E-state index contributed by atoms with van der Waals surface area (Å²) in [6.07, 6.45) is 0.918. The smallest absolute Gasteiger partial charge is 0.254 e. The zero-order valence-corrected chi connectivity index (χ0v) is 10.3. The average Bonchev–Trinajstić information content (AvgIpc) is 2.18. The van der Waals surface area contributed by atoms with Crippen molar-refractivity contribution in [2.75, 3.05) is 6.54 Å². The molecule has 0 saturated carbocycles. The molecule has 15 heavy (non-hydrogen) atoms. The van der Waals surface area contributed by atoms with Crippen LogP contribution >= 0.6 is 27.5 Å². The van der Waals surface area contributed by atoms with Gasteiger partial charge in [0.05, 0.1) is 11.7 Å². The van der Waals surface area contributed by atoms with Crippen LogP contribution in [0, 0.1) is 0 Å². The van der Waals surface area contributed by atoms with Crippen molar-refractivity contribution in [1.29, 1.82) is 0 Å². The molecule has 0 radical (unpaired) electrons. The molecule has 0 aliphatic carbocycles. The molecule has 82 valence electrons. The number of nitrogens with zero attached hydrogens (tertiary/aromatic N) is 1. The monoisotopic (exact) mass is 292 g/mol. The molecule has 0 aromatic carbocycles. The summed E-state index contributed by atoms with van der Waals surface area (Å²) in [6.45, 7) is 1.77. The molecule has 6 heteroatoms. The van der Waals surface area contributed by atoms with Crippen molar-refractivity contribution < 1.29 is 9.90 Å². The molecule has 1 atom stereocenters. The largest absolute Gasteiger partial charge is 0.392 e. The van der Waals surface area contributed by atoms with E-state index in [4.69, 9.17) is 16.7 Å². The van der Waals surface area contributed by atoms with Gasteiger partial charge in [-0.1, -0.05) is 11.6 Å². The Morgan fingerprint density at radius 2 is 2.47 bits per heavy atom. The standard InChI is InChI=1S/C9H10BrClN2O2/c1-5(14)3-13-9(15)7-2-6(10)4-12-8(7)11/h2,4-5,14H,3H2,1H3,(H,13,15)/t5-/m1/s1. The number of halogens is 2. The van der Waals surface area contributed by atoms with Crippen LogP contribution in [0.5, 0.6) is 0 Å². The Morgan fingerprint density at radius 1 is 1.80 bits per heavy atom. The summed E-state index contributed by atoms with van der Waals surface area (Å²) < 4.78 is 0.675. The van der Waals surface area contributed by atoms with Crippen LogP contribution in [-0.4, -0.2) is 28.6 Å². The van der Waals surface area contributed by atoms with E-state index in [0.29, 0.717) is 4.47 Å². The van der Waals surface area contributed by atoms with Gasteiger partial charge < -0.3 is 10.4 Å². The molecule has 0 aliphatic heterocycles. The summed E-state index contributed by atoms with van der Waals surface area (Å²) in [6, 6.07) is 1.58. The second-order valence-electron chi connectivity index (χ2n) is 3.05. The Hall–Kier alpha value is -0.650. The van der Waals surface area contributed by atoms with Gasteiger partial charge in [-0.25, -0.2) is 4.98 Å². The number of carbonyl (C=O) groups is 1. The summed E-state index contributed by atoms with van der Waals surface area (Å²) in [5.41, 5.74) is 0.284. The van der Waals surface area contributed by atoms with Gasteiger partial charge in [0.2, 0.25) is 0 Å². The summed E-state index contributed by atoms with van der Waals surface area (Å²) in [5, 5.41) is 11.7. The molecular formula is C9H10BrClN2O2. The first-order chi connectivity index (χ1) is 7.00. The van der Waals surface area contributed by atoms with Crippen molar-refractivity contribution in [2.45, 2.75) is 13.0 Å². The van der Waals surface area contributed by atoms with E-state index in [1.165, 1.54) is 6.20 Å². The van der Waals surface area contributed by atoms with E-state index >= 15 is 0 Å². The number of rotatable bonds is 3. The van der Waals surface area contributed by atoms with Crippen LogP contribution in [0.1, 0.15) is 17.3 Å². The van der Waals surface area contributed by atoms with Crippen LogP contribution in [0.3, 0.4) is 0 Å². The van der Waals surface area contributed by atoms with Gasteiger partial charge in [0, 0.05) is 17.2 Å². The van der Waals surface area contributed by atoms with Gasteiger partial charge in [0.15, 0.2) is 0 Å². The number of hydrogen-bond donors (Lipinski definition) is 2. The molecule has 1 aromatic heterocycles. The third kappa shape index (κ3) is 3.77. The quantitative estimate of drug-likeness (QED) is 0.832. The SMILES string of the molecule is C[C@@H](O)CNC(=O)c1cc(Br)cnc1Cl. The zero-order chi connectivity index (χ0) is 11.4. The number of aromatic nitrogens is 1. The highest BCUT2D eigenvalue weighted by Gasteiger charge is 2.12. The van der Waals surface area contributed by atoms with E-state index in [-0.39, 0.29) is 23.2 Å². The fourth-order valence-electron chi connectivity index (χ4n) is 0.917. The van der Waals surface area contributed by atoms with Crippen molar-refractivity contribution in [3.05, 3.63) is 27.5 Å². The second kappa shape index (κ2) is 5.44. The first kappa shape index (κ1) is 12.4. The summed E-state index contributed by atoms with van der Waals surface area (Å²) in [5.74, 6) is -0.352. The van der Waals surface area contributed by atoms with Gasteiger partial charge in [0.25, 0.3) is 5.91 Å². The minimum absolute atomic E-state index is 0.140. The van der Waals surface area contributed by atoms with E-state index in [2.05, 4.69) is 26.2 Å². The highest BCUT2D eigenvalue weighted by Crippen LogP contribution is 2.17.